The summed E-state index contributed by atoms with van der Waals surface area (Å²) in [6.07, 6.45) is 7.59. The molecular formula is C23H29NO5. The molecule has 0 atom stereocenters. The van der Waals surface area contributed by atoms with E-state index in [0.29, 0.717) is 47.4 Å². The highest BCUT2D eigenvalue weighted by atomic mass is 16.5. The maximum Gasteiger partial charge on any atom is 0.287 e. The monoisotopic (exact) mass is 399 g/mol. The van der Waals surface area contributed by atoms with E-state index in [1.165, 1.54) is 12.8 Å². The van der Waals surface area contributed by atoms with Gasteiger partial charge in [-0.15, -0.1) is 0 Å². The Morgan fingerprint density at radius 3 is 2.69 bits per heavy atom. The number of hydrogen-bond donors (Lipinski definition) is 1. The molecule has 2 aromatic rings. The number of carbonyl (C=O) groups is 2. The summed E-state index contributed by atoms with van der Waals surface area (Å²) < 4.78 is 17.3. The first kappa shape index (κ1) is 20.0. The molecule has 0 unspecified atom stereocenters. The van der Waals surface area contributed by atoms with Crippen LogP contribution in [-0.2, 0) is 4.74 Å². The first-order chi connectivity index (χ1) is 14.0. The fourth-order valence-electron chi connectivity index (χ4n) is 4.70. The van der Waals surface area contributed by atoms with Crippen molar-refractivity contribution in [3.63, 3.8) is 0 Å². The zero-order valence-electron chi connectivity index (χ0n) is 17.3. The minimum atomic E-state index is -0.368. The Hall–Kier alpha value is -2.34. The third-order valence-electron chi connectivity index (χ3n) is 6.18. The van der Waals surface area contributed by atoms with Crippen molar-refractivity contribution in [2.45, 2.75) is 63.9 Å². The predicted molar refractivity (Wildman–Crippen MR) is 110 cm³/mol. The molecule has 2 heterocycles. The number of ketones is 1. The van der Waals surface area contributed by atoms with E-state index in [2.05, 4.69) is 5.32 Å². The van der Waals surface area contributed by atoms with Gasteiger partial charge < -0.3 is 19.2 Å². The number of fused-ring (bicyclic) bond motifs is 3. The fraction of sp³-hybridized carbons (Fsp3) is 0.565. The standard InChI is InChI=1S/C23H29NO5/c1-15-19-17(28-21(15)22(26)24-12-7-13-27-2)8-9-18-20(19)16(25)14-23(29-18)10-5-3-4-6-11-23/h8-9H,3-7,10-14H2,1-2H3,(H,24,26). The molecule has 1 aliphatic heterocycles. The van der Waals surface area contributed by atoms with Gasteiger partial charge in [-0.2, -0.15) is 0 Å². The lowest BCUT2D eigenvalue weighted by molar-refractivity contribution is 0.0301. The summed E-state index contributed by atoms with van der Waals surface area (Å²) >= 11 is 0. The summed E-state index contributed by atoms with van der Waals surface area (Å²) in [5.74, 6) is 0.711. The molecule has 1 aromatic carbocycles. The first-order valence-electron chi connectivity index (χ1n) is 10.6. The quantitative estimate of drug-likeness (QED) is 0.746. The average Bonchev–Trinajstić information content (AvgIpc) is 2.88. The molecule has 1 spiro atoms. The summed E-state index contributed by atoms with van der Waals surface area (Å²) in [6, 6.07) is 3.64. The van der Waals surface area contributed by atoms with Gasteiger partial charge in [0.25, 0.3) is 5.91 Å². The summed E-state index contributed by atoms with van der Waals surface area (Å²) in [7, 11) is 1.63. The maximum absolute atomic E-state index is 13.2. The van der Waals surface area contributed by atoms with Crippen LogP contribution in [0.5, 0.6) is 5.75 Å². The third-order valence-corrected chi connectivity index (χ3v) is 6.18. The molecule has 1 amide bonds. The van der Waals surface area contributed by atoms with Gasteiger partial charge in [0.2, 0.25) is 0 Å². The van der Waals surface area contributed by atoms with Gasteiger partial charge >= 0.3 is 0 Å². The zero-order valence-corrected chi connectivity index (χ0v) is 17.3. The predicted octanol–water partition coefficient (Wildman–Crippen LogP) is 4.57. The second kappa shape index (κ2) is 8.19. The van der Waals surface area contributed by atoms with Crippen molar-refractivity contribution < 1.29 is 23.5 Å². The van der Waals surface area contributed by atoms with Crippen LogP contribution in [0.25, 0.3) is 11.0 Å². The van der Waals surface area contributed by atoms with E-state index >= 15 is 0 Å². The lowest BCUT2D eigenvalue weighted by Crippen LogP contribution is -2.41. The molecule has 1 saturated carbocycles. The van der Waals surface area contributed by atoms with Gasteiger partial charge in [-0.1, -0.05) is 12.8 Å². The van der Waals surface area contributed by atoms with Crippen molar-refractivity contribution in [2.75, 3.05) is 20.3 Å². The summed E-state index contributed by atoms with van der Waals surface area (Å²) in [4.78, 5) is 25.8. The smallest absolute Gasteiger partial charge is 0.287 e. The second-order valence-electron chi connectivity index (χ2n) is 8.27. The number of carbonyl (C=O) groups excluding carboxylic acids is 2. The SMILES string of the molecule is COCCCNC(=O)c1oc2ccc3c(c2c1C)C(=O)CC1(CCCCCC1)O3. The van der Waals surface area contributed by atoms with Crippen LogP contribution in [0.4, 0.5) is 0 Å². The number of benzene rings is 1. The Morgan fingerprint density at radius 2 is 1.97 bits per heavy atom. The van der Waals surface area contributed by atoms with Crippen LogP contribution in [0, 0.1) is 6.92 Å². The maximum atomic E-state index is 13.2. The van der Waals surface area contributed by atoms with E-state index in [0.717, 1.165) is 32.1 Å². The number of methoxy groups -OCH3 is 1. The molecule has 29 heavy (non-hydrogen) atoms. The van der Waals surface area contributed by atoms with Gasteiger partial charge in [0, 0.05) is 31.2 Å². The average molecular weight is 399 g/mol. The number of hydrogen-bond acceptors (Lipinski definition) is 5. The van der Waals surface area contributed by atoms with Crippen LogP contribution in [0.2, 0.25) is 0 Å². The van der Waals surface area contributed by atoms with Gasteiger partial charge in [0.15, 0.2) is 11.5 Å². The van der Waals surface area contributed by atoms with Crippen LogP contribution < -0.4 is 10.1 Å². The van der Waals surface area contributed by atoms with Gasteiger partial charge in [0.05, 0.1) is 12.0 Å². The molecule has 2 aliphatic rings. The van der Waals surface area contributed by atoms with Crippen molar-refractivity contribution in [3.05, 3.63) is 29.0 Å². The largest absolute Gasteiger partial charge is 0.486 e. The number of amides is 1. The van der Waals surface area contributed by atoms with Crippen LogP contribution in [0.15, 0.2) is 16.5 Å². The number of Topliss-reactive ketones (excluding diaryl/α,β-unsaturated/α-hetero) is 1. The van der Waals surface area contributed by atoms with E-state index in [4.69, 9.17) is 13.9 Å². The highest BCUT2D eigenvalue weighted by Crippen LogP contribution is 2.44. The molecule has 0 radical (unpaired) electrons. The van der Waals surface area contributed by atoms with Crippen LogP contribution >= 0.6 is 0 Å². The highest BCUT2D eigenvalue weighted by Gasteiger charge is 2.42. The molecule has 6 nitrogen and oxygen atoms in total. The number of rotatable bonds is 5. The summed E-state index contributed by atoms with van der Waals surface area (Å²) in [5, 5.41) is 3.56. The molecule has 1 aliphatic carbocycles. The van der Waals surface area contributed by atoms with Gasteiger partial charge in [-0.25, -0.2) is 0 Å². The number of nitrogens with one attached hydrogen (secondary N) is 1. The van der Waals surface area contributed by atoms with Crippen molar-refractivity contribution in [2.24, 2.45) is 0 Å². The molecule has 1 N–H and O–H groups in total. The number of ether oxygens (including phenoxy) is 2. The lowest BCUT2D eigenvalue weighted by atomic mass is 9.83. The van der Waals surface area contributed by atoms with Gasteiger partial charge in [-0.05, 0) is 51.2 Å². The minimum Gasteiger partial charge on any atom is -0.486 e. The highest BCUT2D eigenvalue weighted by molar-refractivity contribution is 6.13. The fourth-order valence-corrected chi connectivity index (χ4v) is 4.70. The van der Waals surface area contributed by atoms with Crippen molar-refractivity contribution in [1.29, 1.82) is 0 Å². The van der Waals surface area contributed by atoms with E-state index in [9.17, 15) is 9.59 Å². The number of aryl methyl sites for hydroxylation is 1. The van der Waals surface area contributed by atoms with E-state index < -0.39 is 0 Å². The Bertz CT molecular complexity index is 921. The lowest BCUT2D eigenvalue weighted by Gasteiger charge is -2.37. The van der Waals surface area contributed by atoms with Crippen LogP contribution in [0.3, 0.4) is 0 Å². The third kappa shape index (κ3) is 3.78. The second-order valence-corrected chi connectivity index (χ2v) is 8.27. The molecule has 6 heteroatoms. The topological polar surface area (TPSA) is 77.8 Å². The van der Waals surface area contributed by atoms with Gasteiger partial charge in [-0.3, -0.25) is 9.59 Å². The zero-order chi connectivity index (χ0) is 20.4. The molecule has 1 aromatic heterocycles. The summed E-state index contributed by atoms with van der Waals surface area (Å²) in [5.41, 5.74) is 1.44. The molecular weight excluding hydrogens is 370 g/mol. The Balaban J connectivity index is 1.65. The Morgan fingerprint density at radius 1 is 1.21 bits per heavy atom. The van der Waals surface area contributed by atoms with Crippen LogP contribution in [-0.4, -0.2) is 37.6 Å². The van der Waals surface area contributed by atoms with Gasteiger partial charge in [0.1, 0.15) is 16.9 Å². The van der Waals surface area contributed by atoms with E-state index in [-0.39, 0.29) is 23.1 Å². The molecule has 0 saturated heterocycles. The summed E-state index contributed by atoms with van der Waals surface area (Å²) in [6.45, 7) is 2.92. The first-order valence-corrected chi connectivity index (χ1v) is 10.6. The Labute approximate surface area is 170 Å². The van der Waals surface area contributed by atoms with E-state index in [1.54, 1.807) is 7.11 Å². The van der Waals surface area contributed by atoms with E-state index in [1.807, 2.05) is 19.1 Å². The molecule has 4 rings (SSSR count). The minimum absolute atomic E-state index is 0.0923. The van der Waals surface area contributed by atoms with Crippen LogP contribution in [0.1, 0.15) is 77.8 Å². The molecule has 0 bridgehead atoms. The van der Waals surface area contributed by atoms with Crippen molar-refractivity contribution in [1.82, 2.24) is 5.32 Å². The molecule has 156 valence electrons. The van der Waals surface area contributed by atoms with Crippen molar-refractivity contribution in [3.8, 4) is 5.75 Å². The normalized spacial score (nSPS) is 18.3. The Kier molecular flexibility index (Phi) is 5.63. The number of furan rings is 1. The van der Waals surface area contributed by atoms with Crippen molar-refractivity contribution >= 4 is 22.7 Å². The molecule has 1 fully saturated rings.